The Hall–Kier alpha value is -1.03. The summed E-state index contributed by atoms with van der Waals surface area (Å²) in [6, 6.07) is 5.37. The molecule has 0 aromatic heterocycles. The van der Waals surface area contributed by atoms with E-state index >= 15 is 0 Å². The largest absolute Gasteiger partial charge is 0.416 e. The maximum Gasteiger partial charge on any atom is 0.416 e. The lowest BCUT2D eigenvalue weighted by atomic mass is 10.00. The van der Waals surface area contributed by atoms with Gasteiger partial charge in [-0.1, -0.05) is 25.5 Å². The van der Waals surface area contributed by atoms with Crippen molar-refractivity contribution >= 4 is 0 Å². The van der Waals surface area contributed by atoms with Crippen LogP contribution in [0.15, 0.2) is 24.3 Å². The zero-order valence-corrected chi connectivity index (χ0v) is 9.01. The van der Waals surface area contributed by atoms with Gasteiger partial charge in [0.25, 0.3) is 0 Å². The van der Waals surface area contributed by atoms with E-state index in [0.29, 0.717) is 11.5 Å². The van der Waals surface area contributed by atoms with Gasteiger partial charge >= 0.3 is 6.18 Å². The Morgan fingerprint density at radius 2 is 2.12 bits per heavy atom. The summed E-state index contributed by atoms with van der Waals surface area (Å²) in [4.78, 5) is 0. The molecule has 2 unspecified atom stereocenters. The van der Waals surface area contributed by atoms with Crippen LogP contribution in [0.4, 0.5) is 13.2 Å². The molecule has 0 heterocycles. The minimum Gasteiger partial charge on any atom is -0.321 e. The van der Waals surface area contributed by atoms with E-state index in [0.717, 1.165) is 18.9 Å². The summed E-state index contributed by atoms with van der Waals surface area (Å²) >= 11 is 0. The highest BCUT2D eigenvalue weighted by Gasteiger charge is 2.51. The molecule has 0 radical (unpaired) electrons. The summed E-state index contributed by atoms with van der Waals surface area (Å²) in [7, 11) is 0. The van der Waals surface area contributed by atoms with Gasteiger partial charge < -0.3 is 5.73 Å². The Morgan fingerprint density at radius 3 is 2.62 bits per heavy atom. The summed E-state index contributed by atoms with van der Waals surface area (Å²) < 4.78 is 37.5. The fourth-order valence-corrected chi connectivity index (χ4v) is 2.20. The summed E-state index contributed by atoms with van der Waals surface area (Å²) in [5.41, 5.74) is 5.53. The van der Waals surface area contributed by atoms with Crippen LogP contribution in [0.3, 0.4) is 0 Å². The number of benzene rings is 1. The average Bonchev–Trinajstić information content (AvgIpc) is 2.90. The van der Waals surface area contributed by atoms with Gasteiger partial charge in [0.2, 0.25) is 0 Å². The summed E-state index contributed by atoms with van der Waals surface area (Å²) in [5.74, 6) is 0.316. The molecule has 0 aliphatic heterocycles. The zero-order chi connectivity index (χ0) is 12.0. The molecule has 0 bridgehead atoms. The highest BCUT2D eigenvalue weighted by atomic mass is 19.4. The van der Waals surface area contributed by atoms with E-state index in [-0.39, 0.29) is 0 Å². The molecule has 1 aliphatic carbocycles. The molecule has 2 N–H and O–H groups in total. The molecule has 0 spiro atoms. The van der Waals surface area contributed by atoms with Gasteiger partial charge in [0.15, 0.2) is 0 Å². The smallest absolute Gasteiger partial charge is 0.321 e. The number of nitrogens with two attached hydrogens (primary N) is 1. The van der Waals surface area contributed by atoms with Crippen LogP contribution in [0, 0.1) is 5.92 Å². The Balaban J connectivity index is 2.31. The second-order valence-electron chi connectivity index (χ2n) is 4.43. The van der Waals surface area contributed by atoms with E-state index in [1.165, 1.54) is 12.1 Å². The SMILES string of the molecule is CCC1CC1(N)c1cccc(C(F)(F)F)c1. The molecule has 16 heavy (non-hydrogen) atoms. The van der Waals surface area contributed by atoms with E-state index in [2.05, 4.69) is 0 Å². The molecule has 1 aliphatic rings. The molecule has 2 rings (SSSR count). The van der Waals surface area contributed by atoms with Crippen LogP contribution in [0.1, 0.15) is 30.9 Å². The maximum atomic E-state index is 12.5. The fourth-order valence-electron chi connectivity index (χ4n) is 2.20. The van der Waals surface area contributed by atoms with Gasteiger partial charge in [0.05, 0.1) is 5.56 Å². The van der Waals surface area contributed by atoms with Crippen molar-refractivity contribution in [2.24, 2.45) is 11.7 Å². The topological polar surface area (TPSA) is 26.0 Å². The number of hydrogen-bond acceptors (Lipinski definition) is 1. The number of hydrogen-bond donors (Lipinski definition) is 1. The molecule has 0 saturated heterocycles. The van der Waals surface area contributed by atoms with Crippen LogP contribution in [-0.2, 0) is 11.7 Å². The van der Waals surface area contributed by atoms with Crippen LogP contribution in [-0.4, -0.2) is 0 Å². The third kappa shape index (κ3) is 1.82. The second kappa shape index (κ2) is 3.48. The van der Waals surface area contributed by atoms with Gasteiger partial charge in [0.1, 0.15) is 0 Å². The van der Waals surface area contributed by atoms with Crippen LogP contribution in [0.2, 0.25) is 0 Å². The van der Waals surface area contributed by atoms with Crippen molar-refractivity contribution in [2.45, 2.75) is 31.5 Å². The predicted molar refractivity (Wildman–Crippen MR) is 55.7 cm³/mol. The third-order valence-corrected chi connectivity index (χ3v) is 3.37. The van der Waals surface area contributed by atoms with E-state index in [1.807, 2.05) is 6.92 Å². The predicted octanol–water partition coefficient (Wildman–Crippen LogP) is 3.29. The van der Waals surface area contributed by atoms with Crippen LogP contribution < -0.4 is 5.73 Å². The van der Waals surface area contributed by atoms with Crippen molar-refractivity contribution in [1.29, 1.82) is 0 Å². The fraction of sp³-hybridized carbons (Fsp3) is 0.500. The standard InChI is InChI=1S/C12H14F3N/c1-2-8-7-11(8,16)9-4-3-5-10(6-9)12(13,14)15/h3-6,8H,2,7,16H2,1H3. The van der Waals surface area contributed by atoms with Gasteiger partial charge in [-0.15, -0.1) is 0 Å². The molecule has 4 heteroatoms. The average molecular weight is 229 g/mol. The van der Waals surface area contributed by atoms with Gasteiger partial charge in [-0.05, 0) is 30.0 Å². The van der Waals surface area contributed by atoms with E-state index in [4.69, 9.17) is 5.73 Å². The Morgan fingerprint density at radius 1 is 1.44 bits per heavy atom. The highest BCUT2D eigenvalue weighted by Crippen LogP contribution is 2.51. The Kier molecular flexibility index (Phi) is 2.49. The quantitative estimate of drug-likeness (QED) is 0.827. The molecular formula is C12H14F3N. The van der Waals surface area contributed by atoms with Crippen LogP contribution in [0.5, 0.6) is 0 Å². The normalized spacial score (nSPS) is 29.2. The number of alkyl halides is 3. The molecule has 1 fully saturated rings. The first-order valence-corrected chi connectivity index (χ1v) is 5.34. The minimum absolute atomic E-state index is 0.316. The Bertz CT molecular complexity index is 399. The van der Waals surface area contributed by atoms with E-state index in [1.54, 1.807) is 6.07 Å². The van der Waals surface area contributed by atoms with Crippen LogP contribution >= 0.6 is 0 Å². The van der Waals surface area contributed by atoms with Crippen molar-refractivity contribution in [2.75, 3.05) is 0 Å². The molecule has 1 aromatic rings. The van der Waals surface area contributed by atoms with Gasteiger partial charge in [-0.2, -0.15) is 13.2 Å². The molecule has 0 amide bonds. The number of halogens is 3. The van der Waals surface area contributed by atoms with Crippen LogP contribution in [0.25, 0.3) is 0 Å². The zero-order valence-electron chi connectivity index (χ0n) is 9.01. The van der Waals surface area contributed by atoms with Gasteiger partial charge in [-0.25, -0.2) is 0 Å². The second-order valence-corrected chi connectivity index (χ2v) is 4.43. The summed E-state index contributed by atoms with van der Waals surface area (Å²) in [5, 5.41) is 0. The first kappa shape index (κ1) is 11.5. The Labute approximate surface area is 92.5 Å². The third-order valence-electron chi connectivity index (χ3n) is 3.37. The summed E-state index contributed by atoms with van der Waals surface area (Å²) in [6.07, 6.45) is -2.60. The van der Waals surface area contributed by atoms with Crippen molar-refractivity contribution < 1.29 is 13.2 Å². The van der Waals surface area contributed by atoms with Crippen molar-refractivity contribution in [3.05, 3.63) is 35.4 Å². The summed E-state index contributed by atoms with van der Waals surface area (Å²) in [6.45, 7) is 2.01. The lowest BCUT2D eigenvalue weighted by molar-refractivity contribution is -0.137. The molecule has 1 saturated carbocycles. The van der Waals surface area contributed by atoms with Gasteiger partial charge in [-0.3, -0.25) is 0 Å². The van der Waals surface area contributed by atoms with E-state index in [9.17, 15) is 13.2 Å². The molecule has 1 aromatic carbocycles. The first-order valence-electron chi connectivity index (χ1n) is 5.34. The molecule has 1 nitrogen and oxygen atoms in total. The van der Waals surface area contributed by atoms with E-state index < -0.39 is 17.3 Å². The molecule has 2 atom stereocenters. The van der Waals surface area contributed by atoms with Gasteiger partial charge in [0, 0.05) is 5.54 Å². The van der Waals surface area contributed by atoms with Crippen molar-refractivity contribution in [3.8, 4) is 0 Å². The molecule has 88 valence electrons. The highest BCUT2D eigenvalue weighted by molar-refractivity contribution is 5.36. The monoisotopic (exact) mass is 229 g/mol. The first-order chi connectivity index (χ1) is 7.38. The lowest BCUT2D eigenvalue weighted by Gasteiger charge is -2.14. The number of rotatable bonds is 2. The minimum atomic E-state index is -4.29. The van der Waals surface area contributed by atoms with Crippen molar-refractivity contribution in [1.82, 2.24) is 0 Å². The molecular weight excluding hydrogens is 215 g/mol. The lowest BCUT2D eigenvalue weighted by Crippen LogP contribution is -2.22. The maximum absolute atomic E-state index is 12.5. The van der Waals surface area contributed by atoms with Crippen molar-refractivity contribution in [3.63, 3.8) is 0 Å².